The molecule has 2 aromatic carbocycles. The highest BCUT2D eigenvalue weighted by atomic mass is 16.1. The number of hydrogen-bond acceptors (Lipinski definition) is 2. The van der Waals surface area contributed by atoms with Crippen LogP contribution in [0.3, 0.4) is 0 Å². The van der Waals surface area contributed by atoms with Gasteiger partial charge in [0.05, 0.1) is 6.04 Å². The molecule has 0 radical (unpaired) electrons. The number of aryl methyl sites for hydroxylation is 1. The van der Waals surface area contributed by atoms with Gasteiger partial charge >= 0.3 is 0 Å². The average Bonchev–Trinajstić information content (AvgIpc) is 2.60. The van der Waals surface area contributed by atoms with Gasteiger partial charge < -0.3 is 5.73 Å². The normalized spacial score (nSPS) is 26.2. The Balaban J connectivity index is 1.78. The molecule has 1 aliphatic carbocycles. The molecule has 0 saturated heterocycles. The smallest absolute Gasteiger partial charge is 0.234 e. The maximum Gasteiger partial charge on any atom is 0.234 e. The summed E-state index contributed by atoms with van der Waals surface area (Å²) in [4.78, 5) is 11.8. The third-order valence-corrected chi connectivity index (χ3v) is 5.36. The van der Waals surface area contributed by atoms with Gasteiger partial charge in [0.2, 0.25) is 5.91 Å². The predicted molar refractivity (Wildman–Crippen MR) is 91.1 cm³/mol. The summed E-state index contributed by atoms with van der Waals surface area (Å²) in [6.07, 6.45) is 4.19. The molecule has 118 valence electrons. The molecule has 2 aliphatic rings. The van der Waals surface area contributed by atoms with Crippen LogP contribution in [0.4, 0.5) is 0 Å². The minimum Gasteiger partial charge on any atom is -0.368 e. The third kappa shape index (κ3) is 2.55. The van der Waals surface area contributed by atoms with Gasteiger partial charge in [-0.3, -0.25) is 10.1 Å². The van der Waals surface area contributed by atoms with Crippen molar-refractivity contribution in [2.45, 2.75) is 43.7 Å². The van der Waals surface area contributed by atoms with E-state index in [2.05, 4.69) is 47.8 Å². The zero-order chi connectivity index (χ0) is 15.8. The van der Waals surface area contributed by atoms with E-state index in [1.165, 1.54) is 28.7 Å². The fourth-order valence-corrected chi connectivity index (χ4v) is 4.26. The number of nitrogens with one attached hydrogen (secondary N) is 1. The number of amides is 1. The molecule has 0 bridgehead atoms. The molecular weight excluding hydrogens is 284 g/mol. The van der Waals surface area contributed by atoms with Crippen molar-refractivity contribution in [1.29, 1.82) is 0 Å². The molecule has 0 spiro atoms. The van der Waals surface area contributed by atoms with E-state index in [0.717, 1.165) is 12.8 Å². The summed E-state index contributed by atoms with van der Waals surface area (Å²) in [5.74, 6) is 0.150. The minimum atomic E-state index is -0.274. The fourth-order valence-electron chi connectivity index (χ4n) is 4.26. The molecule has 2 unspecified atom stereocenters. The van der Waals surface area contributed by atoms with Crippen molar-refractivity contribution in [2.24, 2.45) is 5.73 Å². The lowest BCUT2D eigenvalue weighted by Gasteiger charge is -2.39. The predicted octanol–water partition coefficient (Wildman–Crippen LogP) is 2.85. The Morgan fingerprint density at radius 3 is 2.48 bits per heavy atom. The number of carbonyl (C=O) groups excluding carboxylic acids is 1. The number of hydrogen-bond donors (Lipinski definition) is 2. The van der Waals surface area contributed by atoms with Crippen LogP contribution in [0.1, 0.15) is 47.1 Å². The number of carbonyl (C=O) groups is 1. The van der Waals surface area contributed by atoms with E-state index in [0.29, 0.717) is 12.3 Å². The molecule has 23 heavy (non-hydrogen) atoms. The molecule has 1 amide bonds. The summed E-state index contributed by atoms with van der Waals surface area (Å²) < 4.78 is 0. The van der Waals surface area contributed by atoms with Gasteiger partial charge in [0.15, 0.2) is 0 Å². The average molecular weight is 306 g/mol. The van der Waals surface area contributed by atoms with Crippen LogP contribution in [0.2, 0.25) is 0 Å². The van der Waals surface area contributed by atoms with Gasteiger partial charge in [0.1, 0.15) is 0 Å². The highest BCUT2D eigenvalue weighted by Crippen LogP contribution is 2.43. The Morgan fingerprint density at radius 2 is 1.70 bits per heavy atom. The van der Waals surface area contributed by atoms with Crippen LogP contribution < -0.4 is 11.1 Å². The topological polar surface area (TPSA) is 55.1 Å². The maximum absolute atomic E-state index is 11.8. The lowest BCUT2D eigenvalue weighted by Crippen LogP contribution is -2.49. The molecule has 4 rings (SSSR count). The molecule has 3 nitrogen and oxygen atoms in total. The van der Waals surface area contributed by atoms with Crippen LogP contribution in [0, 0.1) is 0 Å². The van der Waals surface area contributed by atoms with E-state index in [-0.39, 0.29) is 18.0 Å². The van der Waals surface area contributed by atoms with E-state index in [4.69, 9.17) is 5.73 Å². The summed E-state index contributed by atoms with van der Waals surface area (Å²) in [6, 6.07) is 17.1. The van der Waals surface area contributed by atoms with Crippen LogP contribution in [0.15, 0.2) is 48.5 Å². The molecule has 2 aromatic rings. The highest BCUT2D eigenvalue weighted by Gasteiger charge is 2.36. The van der Waals surface area contributed by atoms with Gasteiger partial charge in [-0.25, -0.2) is 0 Å². The van der Waals surface area contributed by atoms with Gasteiger partial charge in [-0.15, -0.1) is 0 Å². The van der Waals surface area contributed by atoms with Gasteiger partial charge in [-0.1, -0.05) is 48.5 Å². The zero-order valence-electron chi connectivity index (χ0n) is 13.2. The minimum absolute atomic E-state index is 0.166. The van der Waals surface area contributed by atoms with Crippen molar-refractivity contribution >= 4 is 5.91 Å². The molecule has 0 fully saturated rings. The lowest BCUT2D eigenvalue weighted by molar-refractivity contribution is -0.120. The first kappa shape index (κ1) is 14.5. The van der Waals surface area contributed by atoms with Crippen molar-refractivity contribution in [2.75, 3.05) is 0 Å². The molecule has 0 saturated carbocycles. The van der Waals surface area contributed by atoms with Gasteiger partial charge in [0.25, 0.3) is 0 Å². The number of primary amides is 1. The van der Waals surface area contributed by atoms with Crippen molar-refractivity contribution in [3.63, 3.8) is 0 Å². The number of fused-ring (bicyclic) bond motifs is 2. The highest BCUT2D eigenvalue weighted by molar-refractivity contribution is 5.80. The first-order valence-corrected chi connectivity index (χ1v) is 8.45. The van der Waals surface area contributed by atoms with Crippen LogP contribution in [0.5, 0.6) is 0 Å². The standard InChI is InChI=1S/C20H22N2O/c21-20(23)18-12-14-7-2-4-10-16(14)19(22-18)17-11-5-8-13-6-1-3-9-15(13)17/h1-4,6-7,9-10,17-19,22H,5,8,11-12H2,(H2,21,23)/t17-,18?,19?/m0/s1. The zero-order valence-corrected chi connectivity index (χ0v) is 13.2. The lowest BCUT2D eigenvalue weighted by atomic mass is 9.74. The van der Waals surface area contributed by atoms with Crippen molar-refractivity contribution in [3.05, 3.63) is 70.8 Å². The summed E-state index contributed by atoms with van der Waals surface area (Å²) in [7, 11) is 0. The fraction of sp³-hybridized carbons (Fsp3) is 0.350. The Hall–Kier alpha value is -2.13. The Kier molecular flexibility index (Phi) is 3.66. The van der Waals surface area contributed by atoms with Crippen LogP contribution in [0.25, 0.3) is 0 Å². The summed E-state index contributed by atoms with van der Waals surface area (Å²) in [6.45, 7) is 0. The van der Waals surface area contributed by atoms with Crippen molar-refractivity contribution in [3.8, 4) is 0 Å². The summed E-state index contributed by atoms with van der Waals surface area (Å²) in [5, 5.41) is 3.55. The Morgan fingerprint density at radius 1 is 1.00 bits per heavy atom. The largest absolute Gasteiger partial charge is 0.368 e. The summed E-state index contributed by atoms with van der Waals surface area (Å²) >= 11 is 0. The van der Waals surface area contributed by atoms with E-state index < -0.39 is 0 Å². The second kappa shape index (κ2) is 5.82. The second-order valence-corrected chi connectivity index (χ2v) is 6.70. The molecule has 1 aliphatic heterocycles. The second-order valence-electron chi connectivity index (χ2n) is 6.70. The number of rotatable bonds is 2. The van der Waals surface area contributed by atoms with E-state index in [1.807, 2.05) is 6.07 Å². The number of nitrogens with two attached hydrogens (primary N) is 1. The van der Waals surface area contributed by atoms with Crippen molar-refractivity contribution < 1.29 is 4.79 Å². The molecule has 0 aromatic heterocycles. The quantitative estimate of drug-likeness (QED) is 0.896. The van der Waals surface area contributed by atoms with E-state index >= 15 is 0 Å². The van der Waals surface area contributed by atoms with E-state index in [1.54, 1.807) is 0 Å². The molecule has 3 N–H and O–H groups in total. The molecular formula is C20H22N2O. The van der Waals surface area contributed by atoms with Gasteiger partial charge in [-0.05, 0) is 47.9 Å². The van der Waals surface area contributed by atoms with E-state index in [9.17, 15) is 4.79 Å². The Labute approximate surface area is 136 Å². The third-order valence-electron chi connectivity index (χ3n) is 5.36. The van der Waals surface area contributed by atoms with Crippen LogP contribution >= 0.6 is 0 Å². The van der Waals surface area contributed by atoms with Gasteiger partial charge in [0, 0.05) is 12.0 Å². The summed E-state index contributed by atoms with van der Waals surface area (Å²) in [5.41, 5.74) is 11.1. The first-order valence-electron chi connectivity index (χ1n) is 8.45. The van der Waals surface area contributed by atoms with Crippen LogP contribution in [-0.2, 0) is 17.6 Å². The van der Waals surface area contributed by atoms with Crippen molar-refractivity contribution in [1.82, 2.24) is 5.32 Å². The first-order chi connectivity index (χ1) is 11.2. The van der Waals surface area contributed by atoms with Crippen LogP contribution in [-0.4, -0.2) is 11.9 Å². The monoisotopic (exact) mass is 306 g/mol. The molecule has 3 heteroatoms. The Bertz CT molecular complexity index is 740. The SMILES string of the molecule is NC(=O)C1Cc2ccccc2C([C@H]2CCCc3ccccc32)N1. The number of benzene rings is 2. The van der Waals surface area contributed by atoms with Gasteiger partial charge in [-0.2, -0.15) is 0 Å². The molecule has 3 atom stereocenters. The molecule has 1 heterocycles. The maximum atomic E-state index is 11.8.